The molecule has 1 fully saturated rings. The van der Waals surface area contributed by atoms with Crippen LogP contribution in [-0.4, -0.2) is 31.7 Å². The highest BCUT2D eigenvalue weighted by Crippen LogP contribution is 2.13. The first kappa shape index (κ1) is 20.2. The minimum atomic E-state index is -0.292. The second kappa shape index (κ2) is 10.1. The fourth-order valence-corrected chi connectivity index (χ4v) is 3.04. The first-order valence-electron chi connectivity index (χ1n) is 9.31. The third-order valence-electron chi connectivity index (χ3n) is 4.55. The van der Waals surface area contributed by atoms with Gasteiger partial charge in [0.15, 0.2) is 0 Å². The molecule has 2 aromatic rings. The van der Waals surface area contributed by atoms with E-state index in [0.29, 0.717) is 36.1 Å². The highest BCUT2D eigenvalue weighted by molar-refractivity contribution is 6.30. The van der Waals surface area contributed by atoms with E-state index in [4.69, 9.17) is 16.3 Å². The maximum atomic E-state index is 12.0. The predicted molar refractivity (Wildman–Crippen MR) is 109 cm³/mol. The monoisotopic (exact) mass is 401 g/mol. The summed E-state index contributed by atoms with van der Waals surface area (Å²) in [6, 6.07) is 14.3. The third-order valence-corrected chi connectivity index (χ3v) is 4.81. The van der Waals surface area contributed by atoms with E-state index in [1.165, 1.54) is 0 Å². The molecule has 3 rings (SSSR count). The standard InChI is InChI=1S/C21H24ClN3O3/c22-18-5-1-16(2-6-18)12-24-21(27)25-19-7-3-15(4-8-19)11-20(26)23-13-17-9-10-28-14-17/h1-8,17H,9-14H2,(H,23,26)(H2,24,25,27)/t17-/m0/s1. The van der Waals surface area contributed by atoms with Gasteiger partial charge in [0, 0.05) is 36.3 Å². The number of anilines is 1. The molecule has 6 nitrogen and oxygen atoms in total. The van der Waals surface area contributed by atoms with E-state index in [0.717, 1.165) is 30.8 Å². The smallest absolute Gasteiger partial charge is 0.319 e. The largest absolute Gasteiger partial charge is 0.381 e. The summed E-state index contributed by atoms with van der Waals surface area (Å²) in [6.07, 6.45) is 1.32. The molecule has 0 unspecified atom stereocenters. The Labute approximate surface area is 169 Å². The SMILES string of the molecule is O=C(Cc1ccc(NC(=O)NCc2ccc(Cl)cc2)cc1)NC[C@@H]1CCOC1. The third kappa shape index (κ3) is 6.55. The van der Waals surface area contributed by atoms with Crippen LogP contribution < -0.4 is 16.0 Å². The van der Waals surface area contributed by atoms with Crippen LogP contribution in [-0.2, 0) is 22.5 Å². The average Bonchev–Trinajstić information content (AvgIpc) is 3.21. The maximum absolute atomic E-state index is 12.0. The van der Waals surface area contributed by atoms with E-state index < -0.39 is 0 Å². The molecule has 0 bridgehead atoms. The molecule has 1 heterocycles. The molecular formula is C21H24ClN3O3. The predicted octanol–water partition coefficient (Wildman–Crippen LogP) is 3.36. The number of ether oxygens (including phenoxy) is 1. The van der Waals surface area contributed by atoms with Crippen LogP contribution in [0.15, 0.2) is 48.5 Å². The Bertz CT molecular complexity index is 788. The van der Waals surface area contributed by atoms with Crippen LogP contribution in [0.3, 0.4) is 0 Å². The Kier molecular flexibility index (Phi) is 7.28. The zero-order chi connectivity index (χ0) is 19.8. The summed E-state index contributed by atoms with van der Waals surface area (Å²) < 4.78 is 5.30. The first-order chi connectivity index (χ1) is 13.6. The molecule has 3 amide bonds. The number of amides is 3. The van der Waals surface area contributed by atoms with Crippen molar-refractivity contribution in [3.8, 4) is 0 Å². The van der Waals surface area contributed by atoms with Crippen LogP contribution >= 0.6 is 11.6 Å². The molecule has 0 saturated carbocycles. The van der Waals surface area contributed by atoms with Crippen molar-refractivity contribution in [2.24, 2.45) is 5.92 Å². The number of benzene rings is 2. The van der Waals surface area contributed by atoms with Crippen molar-refractivity contribution in [3.63, 3.8) is 0 Å². The van der Waals surface area contributed by atoms with Gasteiger partial charge in [-0.2, -0.15) is 0 Å². The second-order valence-electron chi connectivity index (χ2n) is 6.84. The van der Waals surface area contributed by atoms with E-state index in [1.54, 1.807) is 24.3 Å². The van der Waals surface area contributed by atoms with Crippen molar-refractivity contribution in [2.75, 3.05) is 25.1 Å². The summed E-state index contributed by atoms with van der Waals surface area (Å²) >= 11 is 5.84. The van der Waals surface area contributed by atoms with E-state index >= 15 is 0 Å². The van der Waals surface area contributed by atoms with E-state index in [2.05, 4.69) is 16.0 Å². The molecule has 1 saturated heterocycles. The number of hydrogen-bond acceptors (Lipinski definition) is 3. The van der Waals surface area contributed by atoms with Gasteiger partial charge >= 0.3 is 6.03 Å². The molecule has 0 radical (unpaired) electrons. The zero-order valence-electron chi connectivity index (χ0n) is 15.5. The minimum absolute atomic E-state index is 0.00619. The van der Waals surface area contributed by atoms with Gasteiger partial charge in [0.25, 0.3) is 0 Å². The number of rotatable bonds is 7. The van der Waals surface area contributed by atoms with E-state index in [1.807, 2.05) is 24.3 Å². The molecule has 148 valence electrons. The second-order valence-corrected chi connectivity index (χ2v) is 7.28. The summed E-state index contributed by atoms with van der Waals surface area (Å²) in [4.78, 5) is 24.0. The number of hydrogen-bond donors (Lipinski definition) is 3. The molecule has 0 spiro atoms. The summed E-state index contributed by atoms with van der Waals surface area (Å²) in [5, 5.41) is 9.18. The molecule has 0 aliphatic carbocycles. The number of nitrogens with one attached hydrogen (secondary N) is 3. The number of halogens is 1. The Morgan fingerprint density at radius 2 is 1.71 bits per heavy atom. The van der Waals surface area contributed by atoms with Crippen LogP contribution in [0.5, 0.6) is 0 Å². The van der Waals surface area contributed by atoms with Crippen molar-refractivity contribution >= 4 is 29.2 Å². The quantitative estimate of drug-likeness (QED) is 0.665. The highest BCUT2D eigenvalue weighted by Gasteiger charge is 2.16. The van der Waals surface area contributed by atoms with Crippen molar-refractivity contribution in [3.05, 3.63) is 64.7 Å². The van der Waals surface area contributed by atoms with Crippen molar-refractivity contribution in [2.45, 2.75) is 19.4 Å². The normalized spacial score (nSPS) is 15.8. The summed E-state index contributed by atoms with van der Waals surface area (Å²) in [5.74, 6) is 0.412. The van der Waals surface area contributed by atoms with Gasteiger partial charge in [0.1, 0.15) is 0 Å². The molecule has 7 heteroatoms. The molecule has 0 aromatic heterocycles. The van der Waals surface area contributed by atoms with Crippen LogP contribution in [0.2, 0.25) is 5.02 Å². The Balaban J connectivity index is 1.39. The number of carbonyl (C=O) groups is 2. The van der Waals surface area contributed by atoms with Gasteiger partial charge in [-0.25, -0.2) is 4.79 Å². The van der Waals surface area contributed by atoms with Gasteiger partial charge in [-0.05, 0) is 41.8 Å². The van der Waals surface area contributed by atoms with Crippen LogP contribution in [0.1, 0.15) is 17.5 Å². The molecule has 3 N–H and O–H groups in total. The summed E-state index contributed by atoms with van der Waals surface area (Å²) in [5.41, 5.74) is 2.53. The van der Waals surface area contributed by atoms with Gasteiger partial charge in [-0.3, -0.25) is 4.79 Å². The maximum Gasteiger partial charge on any atom is 0.319 e. The van der Waals surface area contributed by atoms with Gasteiger partial charge in [-0.1, -0.05) is 35.9 Å². The molecule has 28 heavy (non-hydrogen) atoms. The summed E-state index contributed by atoms with van der Waals surface area (Å²) in [6.45, 7) is 2.57. The molecule has 1 aliphatic heterocycles. The zero-order valence-corrected chi connectivity index (χ0v) is 16.3. The van der Waals surface area contributed by atoms with Crippen LogP contribution in [0, 0.1) is 5.92 Å². The highest BCUT2D eigenvalue weighted by atomic mass is 35.5. The fourth-order valence-electron chi connectivity index (χ4n) is 2.92. The van der Waals surface area contributed by atoms with Crippen LogP contribution in [0.25, 0.3) is 0 Å². The lowest BCUT2D eigenvalue weighted by Crippen LogP contribution is -2.30. The van der Waals surface area contributed by atoms with Gasteiger partial charge in [0.05, 0.1) is 13.0 Å². The number of urea groups is 1. The lowest BCUT2D eigenvalue weighted by molar-refractivity contribution is -0.120. The lowest BCUT2D eigenvalue weighted by Gasteiger charge is -2.10. The first-order valence-corrected chi connectivity index (χ1v) is 9.69. The van der Waals surface area contributed by atoms with Crippen molar-refractivity contribution in [1.82, 2.24) is 10.6 Å². The van der Waals surface area contributed by atoms with Gasteiger partial charge in [0.2, 0.25) is 5.91 Å². The Morgan fingerprint density at radius 3 is 2.39 bits per heavy atom. The fraction of sp³-hybridized carbons (Fsp3) is 0.333. The molecule has 1 aliphatic rings. The Morgan fingerprint density at radius 1 is 1.00 bits per heavy atom. The van der Waals surface area contributed by atoms with Crippen molar-refractivity contribution in [1.29, 1.82) is 0 Å². The average molecular weight is 402 g/mol. The van der Waals surface area contributed by atoms with Gasteiger partial charge < -0.3 is 20.7 Å². The summed E-state index contributed by atoms with van der Waals surface area (Å²) in [7, 11) is 0. The Hall–Kier alpha value is -2.57. The molecule has 2 aromatic carbocycles. The van der Waals surface area contributed by atoms with E-state index in [-0.39, 0.29) is 11.9 Å². The minimum Gasteiger partial charge on any atom is -0.381 e. The lowest BCUT2D eigenvalue weighted by atomic mass is 10.1. The van der Waals surface area contributed by atoms with Crippen LogP contribution in [0.4, 0.5) is 10.5 Å². The van der Waals surface area contributed by atoms with Crippen molar-refractivity contribution < 1.29 is 14.3 Å². The number of carbonyl (C=O) groups excluding carboxylic acids is 2. The van der Waals surface area contributed by atoms with Gasteiger partial charge in [-0.15, -0.1) is 0 Å². The molecule has 1 atom stereocenters. The molecular weight excluding hydrogens is 378 g/mol. The topological polar surface area (TPSA) is 79.5 Å². The van der Waals surface area contributed by atoms with E-state index in [9.17, 15) is 9.59 Å².